The number of fused-ring (bicyclic) bond motifs is 2. The number of nitrogens with zero attached hydrogens (tertiary/aromatic N) is 2. The van der Waals surface area contributed by atoms with E-state index in [2.05, 4.69) is 33.4 Å². The van der Waals surface area contributed by atoms with Crippen molar-refractivity contribution < 1.29 is 38.4 Å². The Labute approximate surface area is 169 Å². The van der Waals surface area contributed by atoms with Crippen LogP contribution >= 0.6 is 0 Å². The molecule has 0 fully saturated rings. The molecule has 1 atom stereocenters. The van der Waals surface area contributed by atoms with Crippen molar-refractivity contribution in [3.05, 3.63) is 73.1 Å². The lowest BCUT2D eigenvalue weighted by atomic mass is 10.1. The van der Waals surface area contributed by atoms with Gasteiger partial charge in [0, 0.05) is 5.39 Å². The molecule has 5 heteroatoms. The quantitative estimate of drug-likeness (QED) is 0.338. The van der Waals surface area contributed by atoms with Crippen LogP contribution in [0.4, 0.5) is 0 Å². The third kappa shape index (κ3) is 3.68. The molecular formula is C21H21IN2O2. The van der Waals surface area contributed by atoms with Gasteiger partial charge in [0.15, 0.2) is 11.0 Å². The molecule has 1 unspecified atom stereocenters. The fraction of sp³-hybridized carbons (Fsp3) is 0.190. The average Bonchev–Trinajstić information content (AvgIpc) is 2.96. The lowest BCUT2D eigenvalue weighted by Crippen LogP contribution is -3.00. The topological polar surface area (TPSA) is 38.3 Å². The molecule has 0 saturated heterocycles. The summed E-state index contributed by atoms with van der Waals surface area (Å²) in [5, 5.41) is 12.7. The zero-order valence-electron chi connectivity index (χ0n) is 14.5. The summed E-state index contributed by atoms with van der Waals surface area (Å²) in [6.45, 7) is 0.746. The SMILES string of the molecule is C[n+]1cn(CC(O)COc2cccc3ccccc23)c2ccccc21.[I-]. The van der Waals surface area contributed by atoms with Crippen LogP contribution in [0.5, 0.6) is 5.75 Å². The van der Waals surface area contributed by atoms with E-state index in [1.54, 1.807) is 0 Å². The van der Waals surface area contributed by atoms with Gasteiger partial charge >= 0.3 is 0 Å². The molecule has 1 heterocycles. The molecule has 3 aromatic carbocycles. The number of aliphatic hydroxyl groups is 1. The first kappa shape index (κ1) is 18.7. The van der Waals surface area contributed by atoms with E-state index in [-0.39, 0.29) is 30.6 Å². The Morgan fingerprint density at radius 2 is 1.73 bits per heavy atom. The number of aryl methyl sites for hydroxylation is 1. The summed E-state index contributed by atoms with van der Waals surface area (Å²) in [7, 11) is 2.01. The van der Waals surface area contributed by atoms with Gasteiger partial charge in [-0.15, -0.1) is 0 Å². The Balaban J connectivity index is 0.00000196. The van der Waals surface area contributed by atoms with Crippen LogP contribution in [-0.2, 0) is 13.6 Å². The lowest BCUT2D eigenvalue weighted by Gasteiger charge is -2.12. The molecule has 4 nitrogen and oxygen atoms in total. The molecule has 0 aliphatic carbocycles. The average molecular weight is 460 g/mol. The van der Waals surface area contributed by atoms with Crippen LogP contribution in [0.2, 0.25) is 0 Å². The van der Waals surface area contributed by atoms with E-state index in [0.29, 0.717) is 6.54 Å². The number of rotatable bonds is 5. The lowest BCUT2D eigenvalue weighted by molar-refractivity contribution is -0.645. The van der Waals surface area contributed by atoms with Crippen LogP contribution < -0.4 is 33.3 Å². The zero-order valence-corrected chi connectivity index (χ0v) is 16.7. The number of hydrogen-bond acceptors (Lipinski definition) is 2. The standard InChI is InChI=1S/C21H21N2O2.HI/c1-22-15-23(20-11-5-4-10-19(20)22)13-17(24)14-25-21-12-6-8-16-7-2-3-9-18(16)21;/h2-12,15,17,24H,13-14H2,1H3;1H/q+1;/p-1. The van der Waals surface area contributed by atoms with Crippen molar-refractivity contribution in [2.45, 2.75) is 12.6 Å². The molecular weight excluding hydrogens is 439 g/mol. The largest absolute Gasteiger partial charge is 1.00 e. The number of aromatic nitrogens is 2. The fourth-order valence-corrected chi connectivity index (χ4v) is 3.27. The van der Waals surface area contributed by atoms with Crippen molar-refractivity contribution in [1.29, 1.82) is 0 Å². The van der Waals surface area contributed by atoms with Crippen LogP contribution in [0.1, 0.15) is 0 Å². The number of hydrogen-bond donors (Lipinski definition) is 1. The van der Waals surface area contributed by atoms with E-state index in [4.69, 9.17) is 4.74 Å². The number of aliphatic hydroxyl groups excluding tert-OH is 1. The molecule has 0 aliphatic rings. The van der Waals surface area contributed by atoms with Gasteiger partial charge in [0.05, 0.1) is 7.05 Å². The van der Waals surface area contributed by atoms with Crippen molar-refractivity contribution in [3.8, 4) is 5.75 Å². The summed E-state index contributed by atoms with van der Waals surface area (Å²) in [6.07, 6.45) is 1.42. The smallest absolute Gasteiger partial charge is 0.244 e. The molecule has 0 aliphatic heterocycles. The molecule has 0 bridgehead atoms. The van der Waals surface area contributed by atoms with E-state index in [1.165, 1.54) is 0 Å². The van der Waals surface area contributed by atoms with Gasteiger partial charge in [0.25, 0.3) is 0 Å². The van der Waals surface area contributed by atoms with Crippen LogP contribution in [0, 0.1) is 0 Å². The van der Waals surface area contributed by atoms with Gasteiger partial charge in [-0.1, -0.05) is 48.5 Å². The summed E-state index contributed by atoms with van der Waals surface area (Å²) in [5.41, 5.74) is 2.25. The maximum Gasteiger partial charge on any atom is 0.244 e. The van der Waals surface area contributed by atoms with E-state index in [0.717, 1.165) is 27.6 Å². The van der Waals surface area contributed by atoms with E-state index >= 15 is 0 Å². The third-order valence-electron chi connectivity index (χ3n) is 4.47. The summed E-state index contributed by atoms with van der Waals surface area (Å²) in [6, 6.07) is 22.3. The number of imidazole rings is 1. The second kappa shape index (κ2) is 8.05. The molecule has 0 saturated carbocycles. The highest BCUT2D eigenvalue weighted by Gasteiger charge is 2.16. The third-order valence-corrected chi connectivity index (χ3v) is 4.47. The van der Waals surface area contributed by atoms with Crippen LogP contribution in [0.25, 0.3) is 21.8 Å². The van der Waals surface area contributed by atoms with Gasteiger partial charge < -0.3 is 33.8 Å². The minimum absolute atomic E-state index is 0. The molecule has 26 heavy (non-hydrogen) atoms. The monoisotopic (exact) mass is 460 g/mol. The zero-order chi connectivity index (χ0) is 17.2. The minimum atomic E-state index is -0.588. The Morgan fingerprint density at radius 1 is 1.00 bits per heavy atom. The summed E-state index contributed by atoms with van der Waals surface area (Å²) in [5.74, 6) is 0.806. The number of benzene rings is 3. The molecule has 0 spiro atoms. The van der Waals surface area contributed by atoms with Gasteiger partial charge in [0.1, 0.15) is 25.0 Å². The second-order valence-corrected chi connectivity index (χ2v) is 6.31. The maximum absolute atomic E-state index is 10.4. The Morgan fingerprint density at radius 3 is 2.62 bits per heavy atom. The first-order valence-corrected chi connectivity index (χ1v) is 8.44. The van der Waals surface area contributed by atoms with Gasteiger partial charge in [0.2, 0.25) is 6.33 Å². The molecule has 1 aromatic heterocycles. The second-order valence-electron chi connectivity index (χ2n) is 6.31. The van der Waals surface area contributed by atoms with Crippen LogP contribution in [-0.4, -0.2) is 22.4 Å². The highest BCUT2D eigenvalue weighted by atomic mass is 127. The molecule has 0 radical (unpaired) electrons. The van der Waals surface area contributed by atoms with E-state index in [9.17, 15) is 5.11 Å². The van der Waals surface area contributed by atoms with Crippen LogP contribution in [0.3, 0.4) is 0 Å². The summed E-state index contributed by atoms with van der Waals surface area (Å²) in [4.78, 5) is 0. The Bertz CT molecular complexity index is 1020. The first-order valence-electron chi connectivity index (χ1n) is 8.44. The van der Waals surface area contributed by atoms with Crippen molar-refractivity contribution in [1.82, 2.24) is 4.57 Å². The number of para-hydroxylation sites is 2. The Hall–Kier alpha value is -2.12. The van der Waals surface area contributed by atoms with Crippen molar-refractivity contribution >= 4 is 21.8 Å². The van der Waals surface area contributed by atoms with Gasteiger partial charge in [-0.25, -0.2) is 9.13 Å². The minimum Gasteiger partial charge on any atom is -1.00 e. The molecule has 1 N–H and O–H groups in total. The fourth-order valence-electron chi connectivity index (χ4n) is 3.27. The van der Waals surface area contributed by atoms with Crippen molar-refractivity contribution in [2.24, 2.45) is 7.05 Å². The molecule has 0 amide bonds. The molecule has 4 aromatic rings. The Kier molecular flexibility index (Phi) is 5.78. The number of halogens is 1. The highest BCUT2D eigenvalue weighted by molar-refractivity contribution is 5.88. The molecule has 4 rings (SSSR count). The van der Waals surface area contributed by atoms with E-state index < -0.39 is 6.10 Å². The van der Waals surface area contributed by atoms with Gasteiger partial charge in [-0.2, -0.15) is 0 Å². The normalized spacial score (nSPS) is 12.1. The van der Waals surface area contributed by atoms with Crippen molar-refractivity contribution in [3.63, 3.8) is 0 Å². The number of ether oxygens (including phenoxy) is 1. The van der Waals surface area contributed by atoms with Crippen molar-refractivity contribution in [2.75, 3.05) is 6.61 Å². The highest BCUT2D eigenvalue weighted by Crippen LogP contribution is 2.25. The van der Waals surface area contributed by atoms with Crippen LogP contribution in [0.15, 0.2) is 73.1 Å². The van der Waals surface area contributed by atoms with E-state index in [1.807, 2.05) is 55.8 Å². The van der Waals surface area contributed by atoms with Gasteiger partial charge in [-0.05, 0) is 23.6 Å². The predicted molar refractivity (Wildman–Crippen MR) is 98.6 cm³/mol. The van der Waals surface area contributed by atoms with Gasteiger partial charge in [-0.3, -0.25) is 0 Å². The molecule has 134 valence electrons. The first-order chi connectivity index (χ1) is 12.2. The summed E-state index contributed by atoms with van der Waals surface area (Å²) >= 11 is 0. The summed E-state index contributed by atoms with van der Waals surface area (Å²) < 4.78 is 10.0. The predicted octanol–water partition coefficient (Wildman–Crippen LogP) is 0.0629. The maximum atomic E-state index is 10.4.